The highest BCUT2D eigenvalue weighted by molar-refractivity contribution is 9.10. The first-order valence-corrected chi connectivity index (χ1v) is 7.26. The Balaban J connectivity index is 1.98. The van der Waals surface area contributed by atoms with Gasteiger partial charge in [-0.2, -0.15) is 0 Å². The molecule has 1 heterocycles. The van der Waals surface area contributed by atoms with Gasteiger partial charge in [-0.15, -0.1) is 5.10 Å². The minimum atomic E-state index is -0.413. The lowest BCUT2D eigenvalue weighted by atomic mass is 10.3. The molecule has 8 heteroatoms. The summed E-state index contributed by atoms with van der Waals surface area (Å²) >= 11 is 4.37. The smallest absolute Gasteiger partial charge is 0.344 e. The van der Waals surface area contributed by atoms with E-state index < -0.39 is 5.82 Å². The highest BCUT2D eigenvalue weighted by atomic mass is 79.9. The topological polar surface area (TPSA) is 76.7 Å². The molecule has 1 aliphatic carbocycles. The van der Waals surface area contributed by atoms with E-state index in [1.807, 2.05) is 0 Å². The van der Waals surface area contributed by atoms with Gasteiger partial charge in [0.2, 0.25) is 0 Å². The van der Waals surface area contributed by atoms with Gasteiger partial charge >= 0.3 is 5.69 Å². The molecule has 1 aromatic heterocycles. The summed E-state index contributed by atoms with van der Waals surface area (Å²) in [7, 11) is 0. The third-order valence-electron chi connectivity index (χ3n) is 2.84. The van der Waals surface area contributed by atoms with E-state index in [0.29, 0.717) is 20.2 Å². The van der Waals surface area contributed by atoms with Crippen LogP contribution in [0.25, 0.3) is 0 Å². The maximum atomic E-state index is 13.3. The number of anilines is 1. The molecule has 0 bridgehead atoms. The molecular weight excluding hydrogens is 335 g/mol. The Morgan fingerprint density at radius 1 is 1.53 bits per heavy atom. The van der Waals surface area contributed by atoms with Crippen LogP contribution in [-0.4, -0.2) is 14.8 Å². The summed E-state index contributed by atoms with van der Waals surface area (Å²) in [6.07, 6.45) is 1.96. The quantitative estimate of drug-likeness (QED) is 0.839. The van der Waals surface area contributed by atoms with Gasteiger partial charge in [0.1, 0.15) is 5.82 Å². The van der Waals surface area contributed by atoms with E-state index in [4.69, 9.17) is 5.73 Å². The molecule has 0 aliphatic heterocycles. The molecule has 0 radical (unpaired) electrons. The summed E-state index contributed by atoms with van der Waals surface area (Å²) in [5.41, 5.74) is 5.88. The summed E-state index contributed by atoms with van der Waals surface area (Å²) in [6, 6.07) is 3.06. The van der Waals surface area contributed by atoms with Crippen molar-refractivity contribution in [1.29, 1.82) is 0 Å². The molecule has 0 saturated heterocycles. The number of benzene rings is 1. The number of hydrogen-bond acceptors (Lipinski definition) is 4. The van der Waals surface area contributed by atoms with Crippen LogP contribution in [0, 0.1) is 5.82 Å². The number of halogens is 2. The van der Waals surface area contributed by atoms with Crippen LogP contribution in [0.15, 0.2) is 31.5 Å². The zero-order chi connectivity index (χ0) is 13.6. The van der Waals surface area contributed by atoms with E-state index in [-0.39, 0.29) is 11.7 Å². The molecular formula is C11H10BrFN4OS. The van der Waals surface area contributed by atoms with Gasteiger partial charge in [-0.3, -0.25) is 4.57 Å². The summed E-state index contributed by atoms with van der Waals surface area (Å²) in [4.78, 5) is 12.3. The molecule has 0 amide bonds. The van der Waals surface area contributed by atoms with Gasteiger partial charge in [0.05, 0.1) is 4.47 Å². The summed E-state index contributed by atoms with van der Waals surface area (Å²) in [6.45, 7) is 0. The molecule has 1 aliphatic rings. The molecule has 5 nitrogen and oxygen atoms in total. The Bertz CT molecular complexity index is 694. The molecule has 0 atom stereocenters. The van der Waals surface area contributed by atoms with Crippen molar-refractivity contribution < 1.29 is 4.39 Å². The van der Waals surface area contributed by atoms with Gasteiger partial charge in [-0.1, -0.05) is 0 Å². The fourth-order valence-electron chi connectivity index (χ4n) is 1.75. The van der Waals surface area contributed by atoms with Crippen molar-refractivity contribution >= 4 is 33.4 Å². The van der Waals surface area contributed by atoms with Crippen LogP contribution in [0.3, 0.4) is 0 Å². The zero-order valence-corrected chi connectivity index (χ0v) is 12.1. The monoisotopic (exact) mass is 344 g/mol. The number of aromatic amines is 1. The highest BCUT2D eigenvalue weighted by Crippen LogP contribution is 2.39. The first kappa shape index (κ1) is 12.7. The van der Waals surface area contributed by atoms with E-state index in [1.165, 1.54) is 17.8 Å². The van der Waals surface area contributed by atoms with Gasteiger partial charge < -0.3 is 5.73 Å². The lowest BCUT2D eigenvalue weighted by Crippen LogP contribution is -2.16. The summed E-state index contributed by atoms with van der Waals surface area (Å²) < 4.78 is 15.3. The minimum Gasteiger partial charge on any atom is -0.398 e. The van der Waals surface area contributed by atoms with Crippen LogP contribution in [0.1, 0.15) is 18.9 Å². The predicted molar refractivity (Wildman–Crippen MR) is 73.8 cm³/mol. The predicted octanol–water partition coefficient (Wildman–Crippen LogP) is 2.54. The average molecular weight is 345 g/mol. The second kappa shape index (κ2) is 4.68. The minimum absolute atomic E-state index is 0.218. The lowest BCUT2D eigenvalue weighted by Gasteiger charge is -2.07. The molecule has 1 aromatic carbocycles. The number of nitrogens with two attached hydrogens (primary N) is 1. The number of nitrogen functional groups attached to an aromatic ring is 1. The van der Waals surface area contributed by atoms with E-state index in [9.17, 15) is 9.18 Å². The molecule has 19 heavy (non-hydrogen) atoms. The molecule has 3 rings (SSSR count). The van der Waals surface area contributed by atoms with E-state index in [2.05, 4.69) is 26.1 Å². The third kappa shape index (κ3) is 2.42. The van der Waals surface area contributed by atoms with Crippen molar-refractivity contribution in [3.8, 4) is 0 Å². The maximum absolute atomic E-state index is 13.3. The van der Waals surface area contributed by atoms with Crippen molar-refractivity contribution in [2.24, 2.45) is 0 Å². The first-order valence-electron chi connectivity index (χ1n) is 5.65. The van der Waals surface area contributed by atoms with E-state index in [1.54, 1.807) is 10.6 Å². The number of aromatic nitrogens is 3. The standard InChI is InChI=1S/C11H10BrFN4OS/c12-6-3-9(8(14)4-7(6)13)19-11-16-15-10(18)17(11)5-1-2-5/h3-5H,1-2,14H2,(H,15,18). The summed E-state index contributed by atoms with van der Waals surface area (Å²) in [5, 5.41) is 6.98. The maximum Gasteiger partial charge on any atom is 0.344 e. The van der Waals surface area contributed by atoms with Crippen molar-refractivity contribution in [2.75, 3.05) is 5.73 Å². The zero-order valence-electron chi connectivity index (χ0n) is 9.69. The van der Waals surface area contributed by atoms with Crippen LogP contribution < -0.4 is 11.4 Å². The number of nitrogens with zero attached hydrogens (tertiary/aromatic N) is 2. The largest absolute Gasteiger partial charge is 0.398 e. The van der Waals surface area contributed by atoms with Gasteiger partial charge in [-0.25, -0.2) is 14.3 Å². The normalized spacial score (nSPS) is 14.8. The van der Waals surface area contributed by atoms with Crippen molar-refractivity contribution in [3.05, 3.63) is 32.9 Å². The third-order valence-corrected chi connectivity index (χ3v) is 4.49. The molecule has 0 unspecified atom stereocenters. The number of H-pyrrole nitrogens is 1. The van der Waals surface area contributed by atoms with Crippen molar-refractivity contribution in [3.63, 3.8) is 0 Å². The van der Waals surface area contributed by atoms with Gasteiger partial charge in [0.25, 0.3) is 0 Å². The lowest BCUT2D eigenvalue weighted by molar-refractivity contribution is 0.620. The molecule has 1 fully saturated rings. The van der Waals surface area contributed by atoms with E-state index >= 15 is 0 Å². The average Bonchev–Trinajstić information content (AvgIpc) is 3.12. The molecule has 2 aromatic rings. The van der Waals surface area contributed by atoms with Gasteiger partial charge in [0, 0.05) is 16.6 Å². The Kier molecular flexibility index (Phi) is 3.14. The Morgan fingerprint density at radius 3 is 2.95 bits per heavy atom. The van der Waals surface area contributed by atoms with E-state index in [0.717, 1.165) is 12.8 Å². The fraction of sp³-hybridized carbons (Fsp3) is 0.273. The number of hydrogen-bond donors (Lipinski definition) is 2. The van der Waals surface area contributed by atoms with Crippen LogP contribution in [0.2, 0.25) is 0 Å². The molecule has 100 valence electrons. The number of rotatable bonds is 3. The number of nitrogens with one attached hydrogen (secondary N) is 1. The Hall–Kier alpha value is -1.28. The first-order chi connectivity index (χ1) is 9.06. The molecule has 1 saturated carbocycles. The second-order valence-electron chi connectivity index (χ2n) is 4.32. The fourth-order valence-corrected chi connectivity index (χ4v) is 3.21. The van der Waals surface area contributed by atoms with Gasteiger partial charge in [-0.05, 0) is 52.7 Å². The van der Waals surface area contributed by atoms with Crippen molar-refractivity contribution in [1.82, 2.24) is 14.8 Å². The van der Waals surface area contributed by atoms with Crippen LogP contribution in [0.5, 0.6) is 0 Å². The SMILES string of the molecule is Nc1cc(F)c(Br)cc1Sc1n[nH]c(=O)n1C1CC1. The summed E-state index contributed by atoms with van der Waals surface area (Å²) in [5.74, 6) is -0.413. The molecule has 3 N–H and O–H groups in total. The van der Waals surface area contributed by atoms with Gasteiger partial charge in [0.15, 0.2) is 5.16 Å². The van der Waals surface area contributed by atoms with Crippen molar-refractivity contribution in [2.45, 2.75) is 28.9 Å². The Labute approximate surface area is 120 Å². The van der Waals surface area contributed by atoms with Crippen LogP contribution in [0.4, 0.5) is 10.1 Å². The molecule has 0 spiro atoms. The highest BCUT2D eigenvalue weighted by Gasteiger charge is 2.29. The Morgan fingerprint density at radius 2 is 2.26 bits per heavy atom. The second-order valence-corrected chi connectivity index (χ2v) is 6.18. The van der Waals surface area contributed by atoms with Crippen LogP contribution >= 0.6 is 27.7 Å². The van der Waals surface area contributed by atoms with Crippen LogP contribution in [-0.2, 0) is 0 Å².